The summed E-state index contributed by atoms with van der Waals surface area (Å²) >= 11 is 0. The van der Waals surface area contributed by atoms with E-state index < -0.39 is 0 Å². The van der Waals surface area contributed by atoms with Crippen molar-refractivity contribution in [3.63, 3.8) is 0 Å². The van der Waals surface area contributed by atoms with Gasteiger partial charge in [-0.2, -0.15) is 0 Å². The number of hydrogen-bond acceptors (Lipinski definition) is 1. The SMILES string of the molecule is Cc1cc(C)[n+](C)o1.[I-]. The van der Waals surface area contributed by atoms with Crippen LogP contribution in [0.1, 0.15) is 11.5 Å². The Morgan fingerprint density at radius 3 is 2.11 bits per heavy atom. The minimum atomic E-state index is 0. The van der Waals surface area contributed by atoms with Crippen LogP contribution in [0.2, 0.25) is 0 Å². The van der Waals surface area contributed by atoms with Crippen LogP contribution in [0.4, 0.5) is 0 Å². The van der Waals surface area contributed by atoms with Crippen LogP contribution in [0.3, 0.4) is 0 Å². The normalized spacial score (nSPS) is 8.78. The van der Waals surface area contributed by atoms with Gasteiger partial charge in [0.2, 0.25) is 5.69 Å². The monoisotopic (exact) mass is 239 g/mol. The first-order chi connectivity index (χ1) is 3.70. The van der Waals surface area contributed by atoms with E-state index in [0.29, 0.717) is 0 Å². The Kier molecular flexibility index (Phi) is 3.17. The molecule has 0 aliphatic heterocycles. The lowest BCUT2D eigenvalue weighted by Crippen LogP contribution is -3.00. The average molecular weight is 239 g/mol. The Labute approximate surface area is 71.8 Å². The molecule has 52 valence electrons. The number of rotatable bonds is 0. The Bertz CT molecular complexity index is 175. The van der Waals surface area contributed by atoms with Crippen molar-refractivity contribution in [2.24, 2.45) is 7.05 Å². The van der Waals surface area contributed by atoms with Crippen molar-refractivity contribution in [3.8, 4) is 0 Å². The molecule has 2 nitrogen and oxygen atoms in total. The summed E-state index contributed by atoms with van der Waals surface area (Å²) in [4.78, 5) is 0. The van der Waals surface area contributed by atoms with E-state index in [0.717, 1.165) is 11.5 Å². The molecule has 0 fully saturated rings. The standard InChI is InChI=1S/C6H10NO.HI/c1-5-4-6(2)8-7(5)3;/h4H,1-3H3;1H/q+1;/p-1. The first-order valence-electron chi connectivity index (χ1n) is 2.63. The van der Waals surface area contributed by atoms with E-state index in [-0.39, 0.29) is 24.0 Å². The highest BCUT2D eigenvalue weighted by atomic mass is 127. The molecule has 0 amide bonds. The molecule has 1 heterocycles. The first kappa shape index (κ1) is 8.94. The zero-order chi connectivity index (χ0) is 6.15. The zero-order valence-corrected chi connectivity index (χ0v) is 7.97. The molecule has 1 rings (SSSR count). The number of aromatic nitrogens is 1. The predicted molar refractivity (Wildman–Crippen MR) is 29.4 cm³/mol. The number of nitrogens with zero attached hydrogens (tertiary/aromatic N) is 1. The molecule has 0 radical (unpaired) electrons. The van der Waals surface area contributed by atoms with Gasteiger partial charge in [-0.05, 0) is 4.74 Å². The van der Waals surface area contributed by atoms with Gasteiger partial charge in [-0.25, -0.2) is 4.52 Å². The number of hydrogen-bond donors (Lipinski definition) is 0. The van der Waals surface area contributed by atoms with Crippen LogP contribution in [-0.2, 0) is 7.05 Å². The van der Waals surface area contributed by atoms with Crippen LogP contribution in [0.15, 0.2) is 10.6 Å². The summed E-state index contributed by atoms with van der Waals surface area (Å²) in [5.74, 6) is 0.963. The molecule has 0 saturated heterocycles. The molecular formula is C6H10INO. The number of aryl methyl sites for hydroxylation is 3. The van der Waals surface area contributed by atoms with Crippen molar-refractivity contribution in [2.75, 3.05) is 0 Å². The summed E-state index contributed by atoms with van der Waals surface area (Å²) in [5, 5.41) is 0. The summed E-state index contributed by atoms with van der Waals surface area (Å²) in [6.45, 7) is 3.95. The van der Waals surface area contributed by atoms with Crippen molar-refractivity contribution in [2.45, 2.75) is 13.8 Å². The fraction of sp³-hybridized carbons (Fsp3) is 0.500. The van der Waals surface area contributed by atoms with Crippen LogP contribution in [0, 0.1) is 13.8 Å². The summed E-state index contributed by atoms with van der Waals surface area (Å²) < 4.78 is 6.88. The Morgan fingerprint density at radius 1 is 1.44 bits per heavy atom. The van der Waals surface area contributed by atoms with Crippen molar-refractivity contribution >= 4 is 0 Å². The van der Waals surface area contributed by atoms with Gasteiger partial charge in [0.25, 0.3) is 0 Å². The molecule has 9 heavy (non-hydrogen) atoms. The Morgan fingerprint density at radius 2 is 2.00 bits per heavy atom. The topological polar surface area (TPSA) is 17.0 Å². The van der Waals surface area contributed by atoms with Crippen LogP contribution in [0.5, 0.6) is 0 Å². The molecular weight excluding hydrogens is 229 g/mol. The van der Waals surface area contributed by atoms with Gasteiger partial charge in [0, 0.05) is 13.8 Å². The number of halogens is 1. The Hall–Kier alpha value is -0.0600. The van der Waals surface area contributed by atoms with Gasteiger partial charge in [0.05, 0.1) is 6.07 Å². The highest BCUT2D eigenvalue weighted by molar-refractivity contribution is 4.95. The van der Waals surface area contributed by atoms with Crippen molar-refractivity contribution in [1.82, 2.24) is 0 Å². The first-order valence-corrected chi connectivity index (χ1v) is 2.63. The minimum Gasteiger partial charge on any atom is -1.00 e. The average Bonchev–Trinajstić information content (AvgIpc) is 1.85. The third kappa shape index (κ3) is 1.97. The van der Waals surface area contributed by atoms with Crippen LogP contribution in [0.25, 0.3) is 0 Å². The second-order valence-corrected chi connectivity index (χ2v) is 1.99. The van der Waals surface area contributed by atoms with E-state index in [1.165, 1.54) is 0 Å². The molecule has 0 aliphatic rings. The van der Waals surface area contributed by atoms with Gasteiger partial charge in [-0.1, -0.05) is 0 Å². The maximum absolute atomic E-state index is 5.13. The second-order valence-electron chi connectivity index (χ2n) is 1.99. The van der Waals surface area contributed by atoms with Crippen LogP contribution in [-0.4, -0.2) is 0 Å². The fourth-order valence-electron chi connectivity index (χ4n) is 0.699. The Balaban J connectivity index is 0.000000640. The van der Waals surface area contributed by atoms with Crippen LogP contribution < -0.4 is 28.7 Å². The smallest absolute Gasteiger partial charge is 0.228 e. The predicted octanol–water partition coefficient (Wildman–Crippen LogP) is -2.28. The third-order valence-corrected chi connectivity index (χ3v) is 1.19. The highest BCUT2D eigenvalue weighted by Crippen LogP contribution is 1.94. The van der Waals surface area contributed by atoms with E-state index in [9.17, 15) is 0 Å². The van der Waals surface area contributed by atoms with Crippen molar-refractivity contribution in [3.05, 3.63) is 17.5 Å². The van der Waals surface area contributed by atoms with Gasteiger partial charge in [0.15, 0.2) is 12.8 Å². The quantitative estimate of drug-likeness (QED) is 0.368. The molecule has 0 unspecified atom stereocenters. The molecule has 1 aromatic heterocycles. The van der Waals surface area contributed by atoms with Crippen LogP contribution >= 0.6 is 0 Å². The van der Waals surface area contributed by atoms with Crippen molar-refractivity contribution < 1.29 is 33.2 Å². The lowest BCUT2D eigenvalue weighted by molar-refractivity contribution is -0.850. The van der Waals surface area contributed by atoms with Gasteiger partial charge in [0.1, 0.15) is 0 Å². The molecule has 1 aromatic rings. The molecule has 0 bridgehead atoms. The third-order valence-electron chi connectivity index (χ3n) is 1.19. The molecule has 0 aliphatic carbocycles. The summed E-state index contributed by atoms with van der Waals surface area (Å²) in [5.41, 5.74) is 1.16. The molecule has 0 spiro atoms. The summed E-state index contributed by atoms with van der Waals surface area (Å²) in [6.07, 6.45) is 0. The minimum absolute atomic E-state index is 0. The second kappa shape index (κ2) is 3.20. The van der Waals surface area contributed by atoms with E-state index in [1.54, 1.807) is 4.74 Å². The molecule has 0 saturated carbocycles. The summed E-state index contributed by atoms with van der Waals surface area (Å²) in [6, 6.07) is 2.00. The fourth-order valence-corrected chi connectivity index (χ4v) is 0.699. The van der Waals surface area contributed by atoms with E-state index in [2.05, 4.69) is 0 Å². The lowest BCUT2D eigenvalue weighted by atomic mass is 10.4. The van der Waals surface area contributed by atoms with Gasteiger partial charge in [-0.15, -0.1) is 0 Å². The largest absolute Gasteiger partial charge is 1.00 e. The molecule has 0 aromatic carbocycles. The maximum Gasteiger partial charge on any atom is 0.228 e. The van der Waals surface area contributed by atoms with Crippen molar-refractivity contribution in [1.29, 1.82) is 0 Å². The molecule has 3 heteroatoms. The molecule has 0 atom stereocenters. The van der Waals surface area contributed by atoms with E-state index >= 15 is 0 Å². The summed E-state index contributed by atoms with van der Waals surface area (Å²) in [7, 11) is 1.89. The maximum atomic E-state index is 5.13. The highest BCUT2D eigenvalue weighted by Gasteiger charge is 2.04. The van der Waals surface area contributed by atoms with Gasteiger partial charge in [-0.3, -0.25) is 0 Å². The lowest BCUT2D eigenvalue weighted by Gasteiger charge is -1.72. The molecule has 0 N–H and O–H groups in total. The van der Waals surface area contributed by atoms with E-state index in [4.69, 9.17) is 4.52 Å². The van der Waals surface area contributed by atoms with Gasteiger partial charge >= 0.3 is 0 Å². The van der Waals surface area contributed by atoms with Gasteiger partial charge < -0.3 is 24.0 Å². The van der Waals surface area contributed by atoms with E-state index in [1.807, 2.05) is 27.0 Å². The zero-order valence-electron chi connectivity index (χ0n) is 5.81.